The third kappa shape index (κ3) is 4.53. The van der Waals surface area contributed by atoms with Gasteiger partial charge in [0, 0.05) is 19.1 Å². The fourth-order valence-electron chi connectivity index (χ4n) is 2.76. The number of carbonyl (C=O) groups is 2. The minimum absolute atomic E-state index is 0.0273. The minimum atomic E-state index is -0.510. The molecule has 1 aromatic heterocycles. The van der Waals surface area contributed by atoms with Crippen LogP contribution in [0.25, 0.3) is 0 Å². The van der Waals surface area contributed by atoms with Gasteiger partial charge in [-0.15, -0.1) is 0 Å². The second-order valence-corrected chi connectivity index (χ2v) is 7.91. The summed E-state index contributed by atoms with van der Waals surface area (Å²) in [6.07, 6.45) is 1.01. The first-order chi connectivity index (χ1) is 11.1. The van der Waals surface area contributed by atoms with Gasteiger partial charge in [-0.25, -0.2) is 4.79 Å². The van der Waals surface area contributed by atoms with E-state index >= 15 is 0 Å². The van der Waals surface area contributed by atoms with Crippen LogP contribution in [0.3, 0.4) is 0 Å². The van der Waals surface area contributed by atoms with E-state index in [9.17, 15) is 9.59 Å². The van der Waals surface area contributed by atoms with Gasteiger partial charge in [-0.05, 0) is 63.4 Å². The Bertz CT molecular complexity index is 625. The van der Waals surface area contributed by atoms with Crippen molar-refractivity contribution in [1.82, 2.24) is 10.2 Å². The molecule has 0 spiro atoms. The van der Waals surface area contributed by atoms with E-state index in [1.165, 1.54) is 0 Å². The third-order valence-corrected chi connectivity index (χ3v) is 4.86. The first-order valence-corrected chi connectivity index (χ1v) is 8.92. The predicted octanol–water partition coefficient (Wildman–Crippen LogP) is 3.79. The van der Waals surface area contributed by atoms with Crippen molar-refractivity contribution in [2.45, 2.75) is 59.1 Å². The van der Waals surface area contributed by atoms with E-state index < -0.39 is 11.7 Å². The number of halogens is 1. The molecule has 0 unspecified atom stereocenters. The number of amides is 2. The van der Waals surface area contributed by atoms with Gasteiger partial charge < -0.3 is 19.4 Å². The molecule has 1 aliphatic rings. The topological polar surface area (TPSA) is 71.8 Å². The summed E-state index contributed by atoms with van der Waals surface area (Å²) in [4.78, 5) is 26.3. The van der Waals surface area contributed by atoms with Gasteiger partial charge in [0.05, 0.1) is 10.0 Å². The molecule has 0 radical (unpaired) electrons. The zero-order valence-electron chi connectivity index (χ0n) is 14.9. The fraction of sp³-hybridized carbons (Fsp3) is 0.647. The van der Waals surface area contributed by atoms with E-state index in [2.05, 4.69) is 21.2 Å². The van der Waals surface area contributed by atoms with Crippen molar-refractivity contribution in [3.8, 4) is 0 Å². The molecule has 0 atom stereocenters. The highest BCUT2D eigenvalue weighted by atomic mass is 79.9. The maximum Gasteiger partial charge on any atom is 0.407 e. The van der Waals surface area contributed by atoms with Crippen LogP contribution in [0.15, 0.2) is 8.89 Å². The molecule has 1 fully saturated rings. The van der Waals surface area contributed by atoms with E-state index in [4.69, 9.17) is 9.15 Å². The van der Waals surface area contributed by atoms with E-state index in [-0.39, 0.29) is 11.9 Å². The number of nitrogens with one attached hydrogen (secondary N) is 1. The van der Waals surface area contributed by atoms with E-state index in [0.29, 0.717) is 43.0 Å². The second kappa shape index (κ2) is 7.17. The Kier molecular flexibility index (Phi) is 5.63. The molecule has 1 saturated heterocycles. The number of piperidine rings is 1. The summed E-state index contributed by atoms with van der Waals surface area (Å²) < 4.78 is 11.5. The number of likely N-dealkylation sites (tertiary alicyclic amines) is 1. The summed E-state index contributed by atoms with van der Waals surface area (Å²) in [5, 5.41) is 2.87. The lowest BCUT2D eigenvalue weighted by atomic mass is 10.0. The number of carbonyl (C=O) groups excluding carboxylic acids is 2. The number of rotatable bonds is 2. The van der Waals surface area contributed by atoms with Crippen molar-refractivity contribution < 1.29 is 18.7 Å². The molecule has 0 bridgehead atoms. The highest BCUT2D eigenvalue weighted by molar-refractivity contribution is 9.10. The molecule has 134 valence electrons. The number of hydrogen-bond donors (Lipinski definition) is 1. The Balaban J connectivity index is 1.91. The number of nitrogens with zero attached hydrogens (tertiary/aromatic N) is 1. The maximum absolute atomic E-state index is 12.7. The number of aryl methyl sites for hydroxylation is 2. The van der Waals surface area contributed by atoms with Gasteiger partial charge in [0.2, 0.25) is 0 Å². The van der Waals surface area contributed by atoms with E-state index in [1.807, 2.05) is 27.7 Å². The van der Waals surface area contributed by atoms with Gasteiger partial charge in [-0.1, -0.05) is 0 Å². The zero-order chi connectivity index (χ0) is 18.1. The quantitative estimate of drug-likeness (QED) is 0.819. The van der Waals surface area contributed by atoms with Crippen LogP contribution in [0, 0.1) is 13.8 Å². The summed E-state index contributed by atoms with van der Waals surface area (Å²) in [5.74, 6) is 1.29. The molecule has 2 rings (SSSR count). The van der Waals surface area contributed by atoms with Crippen LogP contribution >= 0.6 is 15.9 Å². The first kappa shape index (κ1) is 18.8. The van der Waals surface area contributed by atoms with Crippen LogP contribution in [0.2, 0.25) is 0 Å². The average Bonchev–Trinajstić information content (AvgIpc) is 2.70. The van der Waals surface area contributed by atoms with Crippen molar-refractivity contribution >= 4 is 27.9 Å². The lowest BCUT2D eigenvalue weighted by Gasteiger charge is -2.32. The largest absolute Gasteiger partial charge is 0.465 e. The predicted molar refractivity (Wildman–Crippen MR) is 94.2 cm³/mol. The summed E-state index contributed by atoms with van der Waals surface area (Å²) in [6.45, 7) is 10.3. The molecular weight excluding hydrogens is 376 g/mol. The van der Waals surface area contributed by atoms with E-state index in [1.54, 1.807) is 11.8 Å². The van der Waals surface area contributed by atoms with Gasteiger partial charge >= 0.3 is 6.09 Å². The van der Waals surface area contributed by atoms with Crippen molar-refractivity contribution in [2.75, 3.05) is 13.1 Å². The highest BCUT2D eigenvalue weighted by Gasteiger charge is 2.29. The van der Waals surface area contributed by atoms with Gasteiger partial charge in [-0.2, -0.15) is 0 Å². The summed E-state index contributed by atoms with van der Waals surface area (Å²) in [6, 6.07) is 0.0273. The van der Waals surface area contributed by atoms with Gasteiger partial charge in [0.15, 0.2) is 0 Å². The standard InChI is InChI=1S/C17H25BrN2O4/c1-10-13(14(18)11(2)23-10)15(21)20-8-6-12(7-9-20)19-16(22)24-17(3,4)5/h12H,6-9H2,1-5H3,(H,19,22). The van der Waals surface area contributed by atoms with Crippen LogP contribution in [-0.4, -0.2) is 41.6 Å². The Labute approximate surface area is 151 Å². The summed E-state index contributed by atoms with van der Waals surface area (Å²) in [5.41, 5.74) is 0.0787. The lowest BCUT2D eigenvalue weighted by molar-refractivity contribution is 0.0473. The van der Waals surface area contributed by atoms with Gasteiger partial charge in [0.1, 0.15) is 17.1 Å². The van der Waals surface area contributed by atoms with Crippen LogP contribution in [0.1, 0.15) is 55.5 Å². The molecule has 0 saturated carbocycles. The Morgan fingerprint density at radius 1 is 1.21 bits per heavy atom. The molecule has 2 amide bonds. The Hall–Kier alpha value is -1.50. The maximum atomic E-state index is 12.7. The highest BCUT2D eigenvalue weighted by Crippen LogP contribution is 2.29. The van der Waals surface area contributed by atoms with Crippen LogP contribution < -0.4 is 5.32 Å². The molecule has 7 heteroatoms. The van der Waals surface area contributed by atoms with Crippen LogP contribution in [0.4, 0.5) is 4.79 Å². The Morgan fingerprint density at radius 3 is 2.25 bits per heavy atom. The zero-order valence-corrected chi connectivity index (χ0v) is 16.4. The molecule has 1 aliphatic heterocycles. The minimum Gasteiger partial charge on any atom is -0.465 e. The van der Waals surface area contributed by atoms with Crippen molar-refractivity contribution in [2.24, 2.45) is 0 Å². The molecule has 1 N–H and O–H groups in total. The number of furan rings is 1. The van der Waals surface area contributed by atoms with Crippen molar-refractivity contribution in [3.63, 3.8) is 0 Å². The molecule has 0 aliphatic carbocycles. The second-order valence-electron chi connectivity index (χ2n) is 7.12. The smallest absolute Gasteiger partial charge is 0.407 e. The van der Waals surface area contributed by atoms with Gasteiger partial charge in [-0.3, -0.25) is 4.79 Å². The van der Waals surface area contributed by atoms with E-state index in [0.717, 1.165) is 4.47 Å². The molecule has 6 nitrogen and oxygen atoms in total. The Morgan fingerprint density at radius 2 is 1.79 bits per heavy atom. The van der Waals surface area contributed by atoms with Crippen molar-refractivity contribution in [1.29, 1.82) is 0 Å². The molecule has 0 aromatic carbocycles. The normalized spacial score (nSPS) is 16.2. The molecule has 2 heterocycles. The van der Waals surface area contributed by atoms with Crippen LogP contribution in [-0.2, 0) is 4.74 Å². The SMILES string of the molecule is Cc1oc(C)c(C(=O)N2CCC(NC(=O)OC(C)(C)C)CC2)c1Br. The summed E-state index contributed by atoms with van der Waals surface area (Å²) in [7, 11) is 0. The molecule has 24 heavy (non-hydrogen) atoms. The fourth-order valence-corrected chi connectivity index (χ4v) is 3.29. The molecular formula is C17H25BrN2O4. The third-order valence-electron chi connectivity index (χ3n) is 3.90. The first-order valence-electron chi connectivity index (χ1n) is 8.12. The average molecular weight is 401 g/mol. The summed E-state index contributed by atoms with van der Waals surface area (Å²) >= 11 is 3.43. The lowest BCUT2D eigenvalue weighted by Crippen LogP contribution is -2.47. The molecule has 1 aromatic rings. The number of alkyl carbamates (subject to hydrolysis) is 1. The monoisotopic (exact) mass is 400 g/mol. The van der Waals surface area contributed by atoms with Crippen LogP contribution in [0.5, 0.6) is 0 Å². The van der Waals surface area contributed by atoms with Gasteiger partial charge in [0.25, 0.3) is 5.91 Å². The number of hydrogen-bond acceptors (Lipinski definition) is 4. The number of ether oxygens (including phenoxy) is 1. The van der Waals surface area contributed by atoms with Crippen molar-refractivity contribution in [3.05, 3.63) is 21.6 Å².